The van der Waals surface area contributed by atoms with Crippen molar-refractivity contribution in [2.45, 2.75) is 13.8 Å². The van der Waals surface area contributed by atoms with E-state index in [1.807, 2.05) is 44.2 Å². The molecule has 2 aliphatic heterocycles. The average molecular weight is 440 g/mol. The van der Waals surface area contributed by atoms with Crippen LogP contribution in [0.5, 0.6) is 0 Å². The quantitative estimate of drug-likeness (QED) is 0.698. The monoisotopic (exact) mass is 439 g/mol. The minimum Gasteiger partial charge on any atom is -0.379 e. The highest BCUT2D eigenvalue weighted by Crippen LogP contribution is 2.32. The summed E-state index contributed by atoms with van der Waals surface area (Å²) in [6.07, 6.45) is 0. The van der Waals surface area contributed by atoms with E-state index in [1.54, 1.807) is 12.1 Å². The van der Waals surface area contributed by atoms with Gasteiger partial charge in [-0.15, -0.1) is 0 Å². The highest BCUT2D eigenvalue weighted by atomic mass is 35.5. The molecule has 2 heterocycles. The summed E-state index contributed by atoms with van der Waals surface area (Å²) in [7, 11) is 0. The summed E-state index contributed by atoms with van der Waals surface area (Å²) in [5, 5.41) is 3.77. The van der Waals surface area contributed by atoms with Crippen molar-refractivity contribution in [2.75, 3.05) is 44.7 Å². The van der Waals surface area contributed by atoms with Gasteiger partial charge in [0, 0.05) is 36.9 Å². The minimum absolute atomic E-state index is 0.274. The summed E-state index contributed by atoms with van der Waals surface area (Å²) in [6.45, 7) is 7.86. The third kappa shape index (κ3) is 4.66. The smallest absolute Gasteiger partial charge is 0.278 e. The van der Waals surface area contributed by atoms with Gasteiger partial charge in [0.2, 0.25) is 0 Å². The van der Waals surface area contributed by atoms with Crippen LogP contribution in [0.15, 0.2) is 48.2 Å². The van der Waals surface area contributed by atoms with Crippen molar-refractivity contribution in [1.82, 2.24) is 9.80 Å². The Labute approximate surface area is 187 Å². The molecular formula is C24H26ClN3O3. The number of nitrogens with one attached hydrogen (secondary N) is 1. The van der Waals surface area contributed by atoms with Crippen molar-refractivity contribution >= 4 is 34.7 Å². The van der Waals surface area contributed by atoms with Gasteiger partial charge >= 0.3 is 0 Å². The second kappa shape index (κ2) is 9.22. The Morgan fingerprint density at radius 2 is 1.68 bits per heavy atom. The zero-order chi connectivity index (χ0) is 22.0. The van der Waals surface area contributed by atoms with E-state index in [1.165, 1.54) is 4.90 Å². The molecule has 2 amide bonds. The van der Waals surface area contributed by atoms with E-state index in [0.717, 1.165) is 29.8 Å². The van der Waals surface area contributed by atoms with Gasteiger partial charge in [-0.25, -0.2) is 0 Å². The summed E-state index contributed by atoms with van der Waals surface area (Å²) in [4.78, 5) is 30.3. The van der Waals surface area contributed by atoms with Gasteiger partial charge in [-0.3, -0.25) is 19.4 Å². The van der Waals surface area contributed by atoms with Crippen LogP contribution in [0.25, 0.3) is 5.57 Å². The molecule has 0 radical (unpaired) electrons. The molecule has 0 atom stereocenters. The van der Waals surface area contributed by atoms with Crippen LogP contribution >= 0.6 is 11.6 Å². The number of rotatable bonds is 6. The van der Waals surface area contributed by atoms with Crippen LogP contribution in [0.1, 0.15) is 16.7 Å². The Morgan fingerprint density at radius 3 is 2.39 bits per heavy atom. The molecule has 1 saturated heterocycles. The molecule has 2 aliphatic rings. The number of hydrogen-bond donors (Lipinski definition) is 1. The first-order valence-electron chi connectivity index (χ1n) is 10.4. The van der Waals surface area contributed by atoms with Crippen LogP contribution in [0.3, 0.4) is 0 Å². The SMILES string of the molecule is Cc1ccc(C2=C(Nc3cc(Cl)ccc3C)C(=O)N(CCN3CCOCC3)C2=O)cc1. The predicted octanol–water partition coefficient (Wildman–Crippen LogP) is 3.48. The van der Waals surface area contributed by atoms with Gasteiger partial charge in [0.25, 0.3) is 11.8 Å². The number of halogens is 1. The zero-order valence-corrected chi connectivity index (χ0v) is 18.5. The Bertz CT molecular complexity index is 1030. The molecule has 7 heteroatoms. The normalized spacial score (nSPS) is 17.6. The lowest BCUT2D eigenvalue weighted by Crippen LogP contribution is -2.43. The molecule has 4 rings (SSSR count). The summed E-state index contributed by atoms with van der Waals surface area (Å²) in [5.41, 5.74) is 4.15. The number of morpholine rings is 1. The number of aryl methyl sites for hydroxylation is 2. The highest BCUT2D eigenvalue weighted by Gasteiger charge is 2.39. The van der Waals surface area contributed by atoms with E-state index >= 15 is 0 Å². The predicted molar refractivity (Wildman–Crippen MR) is 122 cm³/mol. The summed E-state index contributed by atoms with van der Waals surface area (Å²) in [5.74, 6) is -0.586. The maximum Gasteiger partial charge on any atom is 0.278 e. The molecule has 2 aromatic carbocycles. The summed E-state index contributed by atoms with van der Waals surface area (Å²) in [6, 6.07) is 13.1. The van der Waals surface area contributed by atoms with Crippen molar-refractivity contribution in [2.24, 2.45) is 0 Å². The molecule has 1 N–H and O–H groups in total. The van der Waals surface area contributed by atoms with E-state index in [-0.39, 0.29) is 11.8 Å². The molecule has 0 unspecified atom stereocenters. The molecule has 0 aromatic heterocycles. The lowest BCUT2D eigenvalue weighted by molar-refractivity contribution is -0.137. The summed E-state index contributed by atoms with van der Waals surface area (Å²) < 4.78 is 5.38. The first-order chi connectivity index (χ1) is 14.9. The number of nitrogens with zero attached hydrogens (tertiary/aromatic N) is 2. The van der Waals surface area contributed by atoms with Crippen molar-refractivity contribution in [1.29, 1.82) is 0 Å². The Morgan fingerprint density at radius 1 is 0.968 bits per heavy atom. The number of amides is 2. The van der Waals surface area contributed by atoms with Crippen molar-refractivity contribution in [3.63, 3.8) is 0 Å². The maximum atomic E-state index is 13.4. The lowest BCUT2D eigenvalue weighted by atomic mass is 10.0. The average Bonchev–Trinajstić information content (AvgIpc) is 3.00. The Balaban J connectivity index is 1.65. The van der Waals surface area contributed by atoms with Gasteiger partial charge in [0.15, 0.2) is 0 Å². The first-order valence-corrected chi connectivity index (χ1v) is 10.8. The van der Waals surface area contributed by atoms with Crippen molar-refractivity contribution < 1.29 is 14.3 Å². The molecule has 0 bridgehead atoms. The standard InChI is InChI=1S/C24H26ClN3O3/c1-16-3-6-18(7-4-16)21-22(26-20-15-19(25)8-5-17(20)2)24(30)28(23(21)29)10-9-27-11-13-31-14-12-27/h3-8,15,26H,9-14H2,1-2H3. The Kier molecular flexibility index (Phi) is 6.41. The van der Waals surface area contributed by atoms with E-state index in [0.29, 0.717) is 48.3 Å². The fraction of sp³-hybridized carbons (Fsp3) is 0.333. The molecule has 162 valence electrons. The molecule has 0 spiro atoms. The van der Waals surface area contributed by atoms with E-state index < -0.39 is 0 Å². The van der Waals surface area contributed by atoms with Gasteiger partial charge < -0.3 is 10.1 Å². The van der Waals surface area contributed by atoms with Crippen LogP contribution in [0.4, 0.5) is 5.69 Å². The van der Waals surface area contributed by atoms with Gasteiger partial charge in [-0.05, 0) is 37.1 Å². The fourth-order valence-electron chi connectivity index (χ4n) is 3.81. The number of ether oxygens (including phenoxy) is 1. The number of carbonyl (C=O) groups excluding carboxylic acids is 2. The lowest BCUT2D eigenvalue weighted by Gasteiger charge is -2.28. The molecule has 6 nitrogen and oxygen atoms in total. The molecule has 1 fully saturated rings. The second-order valence-electron chi connectivity index (χ2n) is 7.92. The molecule has 0 aliphatic carbocycles. The second-order valence-corrected chi connectivity index (χ2v) is 8.35. The first kappa shape index (κ1) is 21.6. The summed E-state index contributed by atoms with van der Waals surface area (Å²) >= 11 is 6.17. The van der Waals surface area contributed by atoms with Crippen LogP contribution in [-0.4, -0.2) is 61.0 Å². The maximum absolute atomic E-state index is 13.4. The molecule has 0 saturated carbocycles. The largest absolute Gasteiger partial charge is 0.379 e. The van der Waals surface area contributed by atoms with E-state index in [9.17, 15) is 9.59 Å². The number of anilines is 1. The topological polar surface area (TPSA) is 61.9 Å². The molecule has 2 aromatic rings. The van der Waals surface area contributed by atoms with Gasteiger partial charge in [0.05, 0.1) is 18.8 Å². The van der Waals surface area contributed by atoms with Gasteiger partial charge in [-0.1, -0.05) is 47.5 Å². The van der Waals surface area contributed by atoms with Crippen molar-refractivity contribution in [3.8, 4) is 0 Å². The number of carbonyl (C=O) groups is 2. The van der Waals surface area contributed by atoms with E-state index in [4.69, 9.17) is 16.3 Å². The number of hydrogen-bond acceptors (Lipinski definition) is 5. The third-order valence-corrected chi connectivity index (χ3v) is 5.95. The van der Waals surface area contributed by atoms with Crippen LogP contribution in [0, 0.1) is 13.8 Å². The van der Waals surface area contributed by atoms with Gasteiger partial charge in [0.1, 0.15) is 5.70 Å². The van der Waals surface area contributed by atoms with Crippen LogP contribution < -0.4 is 5.32 Å². The van der Waals surface area contributed by atoms with Crippen LogP contribution in [0.2, 0.25) is 5.02 Å². The third-order valence-electron chi connectivity index (χ3n) is 5.71. The highest BCUT2D eigenvalue weighted by molar-refractivity contribution is 6.36. The Hall–Kier alpha value is -2.67. The minimum atomic E-state index is -0.312. The molecular weight excluding hydrogens is 414 g/mol. The van der Waals surface area contributed by atoms with Gasteiger partial charge in [-0.2, -0.15) is 0 Å². The number of imide groups is 1. The number of benzene rings is 2. The fourth-order valence-corrected chi connectivity index (χ4v) is 3.98. The molecule has 31 heavy (non-hydrogen) atoms. The van der Waals surface area contributed by atoms with Crippen molar-refractivity contribution in [3.05, 3.63) is 69.9 Å². The van der Waals surface area contributed by atoms with E-state index in [2.05, 4.69) is 10.2 Å². The zero-order valence-electron chi connectivity index (χ0n) is 17.8. The van der Waals surface area contributed by atoms with Crippen LogP contribution in [-0.2, 0) is 14.3 Å².